The summed E-state index contributed by atoms with van der Waals surface area (Å²) >= 11 is 7.68. The fraction of sp³-hybridized carbons (Fsp3) is 0.435. The first-order chi connectivity index (χ1) is 15.4. The molecule has 6 nitrogen and oxygen atoms in total. The number of halogens is 1. The molecule has 0 aliphatic carbocycles. The molecular formula is C23H26ClN3O3S2. The van der Waals surface area contributed by atoms with Gasteiger partial charge in [-0.15, -0.1) is 0 Å². The van der Waals surface area contributed by atoms with E-state index < -0.39 is 10.0 Å². The van der Waals surface area contributed by atoms with E-state index in [-0.39, 0.29) is 12.1 Å². The Balaban J connectivity index is 1.13. The molecule has 0 saturated carbocycles. The number of hydrogen-bond acceptors (Lipinski definition) is 6. The van der Waals surface area contributed by atoms with E-state index >= 15 is 0 Å². The maximum Gasteiger partial charge on any atom is 0.279 e. The Hall–Kier alpha value is -1.71. The smallest absolute Gasteiger partial charge is 0.279 e. The lowest BCUT2D eigenvalue weighted by molar-refractivity contribution is 0.208. The number of nitrogens with zero attached hydrogens (tertiary/aromatic N) is 2. The molecule has 2 saturated heterocycles. The minimum atomic E-state index is -3.10. The molecular weight excluding hydrogens is 466 g/mol. The maximum atomic E-state index is 12.0. The van der Waals surface area contributed by atoms with Gasteiger partial charge >= 0.3 is 0 Å². The second-order valence-corrected chi connectivity index (χ2v) is 12.0. The quantitative estimate of drug-likeness (QED) is 0.512. The SMILES string of the molecule is CS(=O)(=O)N1[C@@H]2CC[C@H]1C[C@H](NCCc1ccc(Oc3nc4c(Cl)cccc4s3)cc1)C2. The summed E-state index contributed by atoms with van der Waals surface area (Å²) in [5, 5.41) is 4.86. The number of rotatable bonds is 7. The van der Waals surface area contributed by atoms with E-state index in [1.807, 2.05) is 30.3 Å². The number of sulfonamides is 1. The monoisotopic (exact) mass is 491 g/mol. The fourth-order valence-electron chi connectivity index (χ4n) is 5.03. The standard InChI is InChI=1S/C23H26ClN3O3S2/c1-32(28,29)27-17-7-8-18(27)14-16(13-17)25-12-11-15-5-9-19(10-6-15)30-23-26-22-20(24)3-2-4-21(22)31-23/h2-6,9-10,16-18,25H,7-8,11-14H2,1H3/t16-,17-,18+. The van der Waals surface area contributed by atoms with E-state index in [0.29, 0.717) is 16.3 Å². The van der Waals surface area contributed by atoms with Crippen LogP contribution in [0.5, 0.6) is 10.9 Å². The van der Waals surface area contributed by atoms with Crippen LogP contribution in [0.4, 0.5) is 0 Å². The van der Waals surface area contributed by atoms with Crippen molar-refractivity contribution in [1.29, 1.82) is 0 Å². The zero-order chi connectivity index (χ0) is 22.3. The molecule has 2 bridgehead atoms. The highest BCUT2D eigenvalue weighted by Gasteiger charge is 2.44. The highest BCUT2D eigenvalue weighted by molar-refractivity contribution is 7.88. The molecule has 2 aromatic carbocycles. The van der Waals surface area contributed by atoms with Crippen molar-refractivity contribution in [2.75, 3.05) is 12.8 Å². The van der Waals surface area contributed by atoms with E-state index in [1.165, 1.54) is 23.2 Å². The van der Waals surface area contributed by atoms with Gasteiger partial charge in [0.1, 0.15) is 11.3 Å². The van der Waals surface area contributed by atoms with E-state index in [4.69, 9.17) is 16.3 Å². The summed E-state index contributed by atoms with van der Waals surface area (Å²) in [4.78, 5) is 4.48. The van der Waals surface area contributed by atoms with Crippen molar-refractivity contribution in [3.8, 4) is 10.9 Å². The van der Waals surface area contributed by atoms with Crippen LogP contribution in [0.25, 0.3) is 10.2 Å². The van der Waals surface area contributed by atoms with Crippen molar-refractivity contribution in [1.82, 2.24) is 14.6 Å². The first-order valence-electron chi connectivity index (χ1n) is 10.9. The Labute approximate surface area is 197 Å². The molecule has 0 radical (unpaired) electrons. The zero-order valence-corrected chi connectivity index (χ0v) is 20.2. The van der Waals surface area contributed by atoms with E-state index in [9.17, 15) is 8.42 Å². The summed E-state index contributed by atoms with van der Waals surface area (Å²) in [6, 6.07) is 14.5. The minimum Gasteiger partial charge on any atom is -0.431 e. The van der Waals surface area contributed by atoms with Gasteiger partial charge in [0, 0.05) is 18.1 Å². The van der Waals surface area contributed by atoms with E-state index in [0.717, 1.165) is 54.6 Å². The van der Waals surface area contributed by atoms with Gasteiger partial charge < -0.3 is 10.1 Å². The predicted octanol–water partition coefficient (Wildman–Crippen LogP) is 4.83. The maximum absolute atomic E-state index is 12.0. The summed E-state index contributed by atoms with van der Waals surface area (Å²) < 4.78 is 32.8. The number of benzene rings is 2. The average Bonchev–Trinajstić information content (AvgIpc) is 3.28. The van der Waals surface area contributed by atoms with Crippen molar-refractivity contribution in [3.05, 3.63) is 53.1 Å². The second-order valence-electron chi connectivity index (χ2n) is 8.66. The van der Waals surface area contributed by atoms with Crippen LogP contribution in [-0.4, -0.2) is 48.6 Å². The van der Waals surface area contributed by atoms with Crippen LogP contribution in [0.2, 0.25) is 5.02 Å². The van der Waals surface area contributed by atoms with Gasteiger partial charge in [0.25, 0.3) is 5.19 Å². The van der Waals surface area contributed by atoms with Crippen molar-refractivity contribution in [3.63, 3.8) is 0 Å². The van der Waals surface area contributed by atoms with Gasteiger partial charge in [-0.1, -0.05) is 41.1 Å². The Morgan fingerprint density at radius 1 is 1.16 bits per heavy atom. The van der Waals surface area contributed by atoms with Gasteiger partial charge in [-0.25, -0.2) is 13.4 Å². The van der Waals surface area contributed by atoms with Crippen LogP contribution in [0.1, 0.15) is 31.2 Å². The molecule has 1 aromatic heterocycles. The van der Waals surface area contributed by atoms with Crippen molar-refractivity contribution in [2.45, 2.75) is 50.2 Å². The molecule has 5 rings (SSSR count). The van der Waals surface area contributed by atoms with Crippen molar-refractivity contribution >= 4 is 43.2 Å². The number of piperidine rings is 1. The molecule has 32 heavy (non-hydrogen) atoms. The molecule has 2 fully saturated rings. The number of thiazole rings is 1. The Morgan fingerprint density at radius 3 is 2.53 bits per heavy atom. The van der Waals surface area contributed by atoms with E-state index in [2.05, 4.69) is 22.4 Å². The van der Waals surface area contributed by atoms with Crippen LogP contribution < -0.4 is 10.1 Å². The Bertz CT molecular complexity index is 1200. The van der Waals surface area contributed by atoms with E-state index in [1.54, 1.807) is 4.31 Å². The third-order valence-corrected chi connectivity index (χ3v) is 8.94. The summed E-state index contributed by atoms with van der Waals surface area (Å²) in [5.74, 6) is 0.751. The molecule has 0 unspecified atom stereocenters. The third kappa shape index (κ3) is 4.65. The second kappa shape index (κ2) is 8.91. The molecule has 2 aliphatic rings. The molecule has 3 aromatic rings. The molecule has 0 amide bonds. The van der Waals surface area contributed by atoms with Gasteiger partial charge in [0.15, 0.2) is 0 Å². The summed E-state index contributed by atoms with van der Waals surface area (Å²) in [6.45, 7) is 0.875. The molecule has 0 spiro atoms. The van der Waals surface area contributed by atoms with Crippen LogP contribution in [0.3, 0.4) is 0 Å². The van der Waals surface area contributed by atoms with Gasteiger partial charge in [0.2, 0.25) is 10.0 Å². The lowest BCUT2D eigenvalue weighted by Gasteiger charge is -2.37. The first-order valence-corrected chi connectivity index (χ1v) is 13.9. The van der Waals surface area contributed by atoms with Gasteiger partial charge in [-0.05, 0) is 68.5 Å². The fourth-order valence-corrected chi connectivity index (χ4v) is 7.63. The number of nitrogens with one attached hydrogen (secondary N) is 1. The summed E-state index contributed by atoms with van der Waals surface area (Å²) in [7, 11) is -3.10. The highest BCUT2D eigenvalue weighted by atomic mass is 35.5. The molecule has 1 N–H and O–H groups in total. The molecule has 3 atom stereocenters. The summed E-state index contributed by atoms with van der Waals surface area (Å²) in [5.41, 5.74) is 2.00. The van der Waals surface area contributed by atoms with Gasteiger partial charge in [0.05, 0.1) is 16.0 Å². The van der Waals surface area contributed by atoms with Gasteiger partial charge in [-0.2, -0.15) is 4.31 Å². The van der Waals surface area contributed by atoms with Crippen LogP contribution >= 0.6 is 22.9 Å². The minimum absolute atomic E-state index is 0.162. The molecule has 3 heterocycles. The lowest BCUT2D eigenvalue weighted by atomic mass is 9.99. The zero-order valence-electron chi connectivity index (χ0n) is 17.8. The molecule has 170 valence electrons. The number of fused-ring (bicyclic) bond motifs is 3. The average molecular weight is 492 g/mol. The predicted molar refractivity (Wildman–Crippen MR) is 129 cm³/mol. The largest absolute Gasteiger partial charge is 0.431 e. The molecule has 9 heteroatoms. The summed E-state index contributed by atoms with van der Waals surface area (Å²) in [6.07, 6.45) is 6.03. The van der Waals surface area contributed by atoms with Crippen LogP contribution in [0, 0.1) is 0 Å². The molecule has 2 aliphatic heterocycles. The Kier molecular flexibility index (Phi) is 6.15. The van der Waals surface area contributed by atoms with Crippen molar-refractivity contribution in [2.24, 2.45) is 0 Å². The number of hydrogen-bond donors (Lipinski definition) is 1. The number of ether oxygens (including phenoxy) is 1. The number of aromatic nitrogens is 1. The lowest BCUT2D eigenvalue weighted by Crippen LogP contribution is -2.51. The topological polar surface area (TPSA) is 71.5 Å². The normalized spacial score (nSPS) is 23.6. The highest BCUT2D eigenvalue weighted by Crippen LogP contribution is 2.37. The van der Waals surface area contributed by atoms with Crippen LogP contribution in [-0.2, 0) is 16.4 Å². The first kappa shape index (κ1) is 22.1. The van der Waals surface area contributed by atoms with Crippen molar-refractivity contribution < 1.29 is 13.2 Å². The number of para-hydroxylation sites is 1. The van der Waals surface area contributed by atoms with Gasteiger partial charge in [-0.3, -0.25) is 0 Å². The van der Waals surface area contributed by atoms with Crippen LogP contribution in [0.15, 0.2) is 42.5 Å². The Morgan fingerprint density at radius 2 is 1.88 bits per heavy atom. The third-order valence-electron chi connectivity index (χ3n) is 6.37.